The molecule has 0 saturated heterocycles. The van der Waals surface area contributed by atoms with Crippen molar-refractivity contribution in [3.05, 3.63) is 54.6 Å². The molecule has 2 aromatic rings. The molecule has 2 nitrogen and oxygen atoms in total. The van der Waals surface area contributed by atoms with Gasteiger partial charge in [-0.25, -0.2) is 0 Å². The topological polar surface area (TPSA) is 21.3 Å². The molecule has 0 aliphatic rings. The molecule has 1 unspecified atom stereocenters. The van der Waals surface area contributed by atoms with Crippen LogP contribution in [-0.2, 0) is 0 Å². The highest BCUT2D eigenvalue weighted by Gasteiger charge is 2.22. The molecule has 106 valence electrons. The maximum Gasteiger partial charge on any atom is 0.120 e. The summed E-state index contributed by atoms with van der Waals surface area (Å²) < 4.78 is 6.12. The maximum atomic E-state index is 6.12. The van der Waals surface area contributed by atoms with Crippen molar-refractivity contribution >= 4 is 0 Å². The van der Waals surface area contributed by atoms with Crippen LogP contribution >= 0.6 is 0 Å². The summed E-state index contributed by atoms with van der Waals surface area (Å²) in [5.41, 5.74) is 2.28. The van der Waals surface area contributed by atoms with Crippen molar-refractivity contribution in [3.63, 3.8) is 0 Å². The lowest BCUT2D eigenvalue weighted by Gasteiger charge is -2.29. The Kier molecular flexibility index (Phi) is 4.80. The Morgan fingerprint density at radius 3 is 2.10 bits per heavy atom. The van der Waals surface area contributed by atoms with Crippen LogP contribution in [0.15, 0.2) is 54.6 Å². The van der Waals surface area contributed by atoms with Gasteiger partial charge in [-0.2, -0.15) is 0 Å². The lowest BCUT2D eigenvalue weighted by Crippen LogP contribution is -2.41. The minimum absolute atomic E-state index is 0.164. The molecule has 2 aromatic carbocycles. The van der Waals surface area contributed by atoms with Gasteiger partial charge in [0.15, 0.2) is 0 Å². The van der Waals surface area contributed by atoms with Gasteiger partial charge >= 0.3 is 0 Å². The molecule has 0 aliphatic carbocycles. The van der Waals surface area contributed by atoms with E-state index in [2.05, 4.69) is 55.6 Å². The summed E-state index contributed by atoms with van der Waals surface area (Å²) >= 11 is 0. The van der Waals surface area contributed by atoms with Crippen LogP contribution in [0.3, 0.4) is 0 Å². The highest BCUT2D eigenvalue weighted by atomic mass is 16.5. The Bertz CT molecular complexity index is 521. The average molecular weight is 269 g/mol. The van der Waals surface area contributed by atoms with E-state index >= 15 is 0 Å². The summed E-state index contributed by atoms with van der Waals surface area (Å²) in [6.45, 7) is 5.12. The fourth-order valence-electron chi connectivity index (χ4n) is 2.24. The Morgan fingerprint density at radius 2 is 1.55 bits per heavy atom. The Labute approximate surface area is 121 Å². The highest BCUT2D eigenvalue weighted by molar-refractivity contribution is 5.63. The molecule has 0 radical (unpaired) electrons. The Balaban J connectivity index is 2.12. The van der Waals surface area contributed by atoms with Crippen molar-refractivity contribution < 1.29 is 4.74 Å². The van der Waals surface area contributed by atoms with Crippen LogP contribution in [0.5, 0.6) is 5.75 Å². The van der Waals surface area contributed by atoms with Gasteiger partial charge in [0.1, 0.15) is 11.4 Å². The van der Waals surface area contributed by atoms with Gasteiger partial charge in [0.2, 0.25) is 0 Å². The molecule has 0 aromatic heterocycles. The van der Waals surface area contributed by atoms with Crippen LogP contribution in [0.25, 0.3) is 11.1 Å². The molecular weight excluding hydrogens is 246 g/mol. The standard InChI is InChI=1S/C18H23NO/c1-4-18(2,14-19-3)20-17-12-10-16(11-13-17)15-8-6-5-7-9-15/h5-13,19H,4,14H2,1-3H3. The van der Waals surface area contributed by atoms with Crippen molar-refractivity contribution in [2.75, 3.05) is 13.6 Å². The number of nitrogens with one attached hydrogen (secondary N) is 1. The van der Waals surface area contributed by atoms with Gasteiger partial charge in [0.05, 0.1) is 0 Å². The number of hydrogen-bond acceptors (Lipinski definition) is 2. The van der Waals surface area contributed by atoms with Gasteiger partial charge in [-0.15, -0.1) is 0 Å². The number of likely N-dealkylation sites (N-methyl/N-ethyl adjacent to an activating group) is 1. The Morgan fingerprint density at radius 1 is 0.950 bits per heavy atom. The van der Waals surface area contributed by atoms with E-state index in [4.69, 9.17) is 4.74 Å². The summed E-state index contributed by atoms with van der Waals surface area (Å²) in [6.07, 6.45) is 0.967. The lowest BCUT2D eigenvalue weighted by atomic mass is 10.0. The van der Waals surface area contributed by atoms with Gasteiger partial charge < -0.3 is 10.1 Å². The predicted octanol–water partition coefficient (Wildman–Crippen LogP) is 4.12. The zero-order valence-electron chi connectivity index (χ0n) is 12.5. The van der Waals surface area contributed by atoms with E-state index in [1.807, 2.05) is 25.2 Å². The molecule has 0 amide bonds. The van der Waals surface area contributed by atoms with Crippen LogP contribution in [0.4, 0.5) is 0 Å². The first-order chi connectivity index (χ1) is 9.67. The summed E-state index contributed by atoms with van der Waals surface area (Å²) in [5, 5.41) is 3.19. The lowest BCUT2D eigenvalue weighted by molar-refractivity contribution is 0.0858. The number of rotatable bonds is 6. The smallest absolute Gasteiger partial charge is 0.120 e. The molecule has 0 saturated carbocycles. The maximum absolute atomic E-state index is 6.12. The van der Waals surface area contributed by atoms with Crippen molar-refractivity contribution in [2.45, 2.75) is 25.9 Å². The number of ether oxygens (including phenoxy) is 1. The second-order valence-electron chi connectivity index (χ2n) is 5.33. The SMILES string of the molecule is CCC(C)(CNC)Oc1ccc(-c2ccccc2)cc1. The monoisotopic (exact) mass is 269 g/mol. The quantitative estimate of drug-likeness (QED) is 0.851. The van der Waals surface area contributed by atoms with Crippen LogP contribution in [0, 0.1) is 0 Å². The van der Waals surface area contributed by atoms with Gasteiger partial charge in [-0.1, -0.05) is 49.4 Å². The molecular formula is C18H23NO. The zero-order chi connectivity index (χ0) is 14.4. The zero-order valence-corrected chi connectivity index (χ0v) is 12.5. The second kappa shape index (κ2) is 6.58. The average Bonchev–Trinajstić information content (AvgIpc) is 2.49. The van der Waals surface area contributed by atoms with Crippen LogP contribution in [-0.4, -0.2) is 19.2 Å². The van der Waals surface area contributed by atoms with Crippen LogP contribution in [0.1, 0.15) is 20.3 Å². The third-order valence-corrected chi connectivity index (χ3v) is 3.62. The van der Waals surface area contributed by atoms with E-state index in [-0.39, 0.29) is 5.60 Å². The largest absolute Gasteiger partial charge is 0.486 e. The molecule has 2 rings (SSSR count). The van der Waals surface area contributed by atoms with Crippen molar-refractivity contribution in [2.24, 2.45) is 0 Å². The minimum Gasteiger partial charge on any atom is -0.486 e. The molecule has 0 aliphatic heterocycles. The van der Waals surface area contributed by atoms with Crippen LogP contribution in [0.2, 0.25) is 0 Å². The first kappa shape index (κ1) is 14.6. The molecule has 0 fully saturated rings. The normalized spacial score (nSPS) is 13.8. The molecule has 0 spiro atoms. The molecule has 1 N–H and O–H groups in total. The fourth-order valence-corrected chi connectivity index (χ4v) is 2.24. The van der Waals surface area contributed by atoms with Gasteiger partial charge in [0, 0.05) is 6.54 Å². The van der Waals surface area contributed by atoms with Gasteiger partial charge in [-0.3, -0.25) is 0 Å². The van der Waals surface area contributed by atoms with Gasteiger partial charge in [0.25, 0.3) is 0 Å². The van der Waals surface area contributed by atoms with E-state index in [0.717, 1.165) is 18.7 Å². The highest BCUT2D eigenvalue weighted by Crippen LogP contribution is 2.25. The van der Waals surface area contributed by atoms with Crippen LogP contribution < -0.4 is 10.1 Å². The summed E-state index contributed by atoms with van der Waals surface area (Å²) in [7, 11) is 1.95. The van der Waals surface area contributed by atoms with Crippen molar-refractivity contribution in [3.8, 4) is 16.9 Å². The molecule has 0 bridgehead atoms. The van der Waals surface area contributed by atoms with Crippen molar-refractivity contribution in [1.82, 2.24) is 5.32 Å². The van der Waals surface area contributed by atoms with E-state index in [0.29, 0.717) is 0 Å². The first-order valence-electron chi connectivity index (χ1n) is 7.16. The molecule has 2 heteroatoms. The third kappa shape index (κ3) is 3.61. The fraction of sp³-hybridized carbons (Fsp3) is 0.333. The molecule has 20 heavy (non-hydrogen) atoms. The summed E-state index contributed by atoms with van der Waals surface area (Å²) in [4.78, 5) is 0. The predicted molar refractivity (Wildman–Crippen MR) is 85.1 cm³/mol. The number of hydrogen-bond donors (Lipinski definition) is 1. The molecule has 1 atom stereocenters. The second-order valence-corrected chi connectivity index (χ2v) is 5.33. The van der Waals surface area contributed by atoms with E-state index in [9.17, 15) is 0 Å². The third-order valence-electron chi connectivity index (χ3n) is 3.62. The summed E-state index contributed by atoms with van der Waals surface area (Å²) in [6, 6.07) is 18.7. The van der Waals surface area contributed by atoms with E-state index < -0.39 is 0 Å². The Hall–Kier alpha value is -1.80. The number of benzene rings is 2. The van der Waals surface area contributed by atoms with Gasteiger partial charge in [-0.05, 0) is 43.7 Å². The minimum atomic E-state index is -0.164. The molecule has 0 heterocycles. The van der Waals surface area contributed by atoms with Crippen molar-refractivity contribution in [1.29, 1.82) is 0 Å². The van der Waals surface area contributed by atoms with E-state index in [1.165, 1.54) is 11.1 Å². The summed E-state index contributed by atoms with van der Waals surface area (Å²) in [5.74, 6) is 0.921. The first-order valence-corrected chi connectivity index (χ1v) is 7.16. The van der Waals surface area contributed by atoms with E-state index in [1.54, 1.807) is 0 Å².